The molecule has 0 atom stereocenters. The fourth-order valence-electron chi connectivity index (χ4n) is 3.44. The summed E-state index contributed by atoms with van der Waals surface area (Å²) in [7, 11) is 1.64. The predicted octanol–water partition coefficient (Wildman–Crippen LogP) is 3.54. The van der Waals surface area contributed by atoms with Crippen molar-refractivity contribution in [2.24, 2.45) is 5.92 Å². The average molecular weight is 380 g/mol. The fourth-order valence-corrected chi connectivity index (χ4v) is 3.44. The van der Waals surface area contributed by atoms with Crippen molar-refractivity contribution in [2.45, 2.75) is 26.2 Å². The first-order chi connectivity index (χ1) is 13.6. The summed E-state index contributed by atoms with van der Waals surface area (Å²) in [6.45, 7) is 4.32. The molecule has 0 aromatic heterocycles. The van der Waals surface area contributed by atoms with Gasteiger partial charge in [0.2, 0.25) is 0 Å². The molecule has 0 radical (unpaired) electrons. The number of nitrogens with zero attached hydrogens (tertiary/aromatic N) is 1. The second kappa shape index (κ2) is 9.40. The van der Waals surface area contributed by atoms with Gasteiger partial charge in [0, 0.05) is 30.8 Å². The van der Waals surface area contributed by atoms with Crippen molar-refractivity contribution in [3.63, 3.8) is 0 Å². The van der Waals surface area contributed by atoms with Crippen LogP contribution in [0.3, 0.4) is 0 Å². The van der Waals surface area contributed by atoms with Crippen molar-refractivity contribution in [1.82, 2.24) is 10.2 Å². The van der Waals surface area contributed by atoms with Crippen LogP contribution in [0.4, 0.5) is 0 Å². The van der Waals surface area contributed by atoms with Crippen molar-refractivity contribution >= 4 is 11.8 Å². The maximum absolute atomic E-state index is 12.7. The van der Waals surface area contributed by atoms with Gasteiger partial charge >= 0.3 is 0 Å². The Balaban J connectivity index is 1.56. The van der Waals surface area contributed by atoms with Crippen molar-refractivity contribution < 1.29 is 14.3 Å². The molecule has 0 spiro atoms. The number of hydrogen-bond donors (Lipinski definition) is 1. The monoisotopic (exact) mass is 380 g/mol. The van der Waals surface area contributed by atoms with Gasteiger partial charge in [-0.2, -0.15) is 0 Å². The number of likely N-dealkylation sites (tertiary alicyclic amines) is 1. The molecular formula is C23H28N2O3. The standard InChI is InChI=1S/C23H28N2O3/c1-17-10-13-25(14-11-17)23(27)20-7-4-6-19(16-20)22(26)24-12-9-18-5-3-8-21(15-18)28-2/h3-8,15-17H,9-14H2,1-2H3,(H,24,26). The van der Waals surface area contributed by atoms with E-state index in [0.717, 1.165) is 37.2 Å². The van der Waals surface area contributed by atoms with E-state index in [1.165, 1.54) is 0 Å². The van der Waals surface area contributed by atoms with Crippen LogP contribution in [0.25, 0.3) is 0 Å². The lowest BCUT2D eigenvalue weighted by Gasteiger charge is -2.30. The summed E-state index contributed by atoms with van der Waals surface area (Å²) in [6, 6.07) is 14.8. The SMILES string of the molecule is COc1cccc(CCNC(=O)c2cccc(C(=O)N3CCC(C)CC3)c2)c1. The summed E-state index contributed by atoms with van der Waals surface area (Å²) in [5, 5.41) is 2.93. The minimum absolute atomic E-state index is 0.0120. The molecule has 3 rings (SSSR count). The van der Waals surface area contributed by atoms with Crippen molar-refractivity contribution in [2.75, 3.05) is 26.7 Å². The number of ether oxygens (including phenoxy) is 1. The van der Waals surface area contributed by atoms with Gasteiger partial charge in [0.15, 0.2) is 0 Å². The van der Waals surface area contributed by atoms with Gasteiger partial charge in [0.25, 0.3) is 11.8 Å². The van der Waals surface area contributed by atoms with E-state index in [1.807, 2.05) is 29.2 Å². The van der Waals surface area contributed by atoms with Gasteiger partial charge in [-0.1, -0.05) is 25.1 Å². The number of rotatable bonds is 6. The normalized spacial score (nSPS) is 14.6. The van der Waals surface area contributed by atoms with Crippen LogP contribution < -0.4 is 10.1 Å². The third-order valence-electron chi connectivity index (χ3n) is 5.28. The zero-order chi connectivity index (χ0) is 19.9. The average Bonchev–Trinajstić information content (AvgIpc) is 2.74. The van der Waals surface area contributed by atoms with E-state index in [2.05, 4.69) is 12.2 Å². The highest BCUT2D eigenvalue weighted by Gasteiger charge is 2.22. The number of methoxy groups -OCH3 is 1. The Bertz CT molecular complexity index is 826. The molecule has 2 aromatic carbocycles. The molecule has 0 unspecified atom stereocenters. The Hall–Kier alpha value is -2.82. The highest BCUT2D eigenvalue weighted by atomic mass is 16.5. The highest BCUT2D eigenvalue weighted by Crippen LogP contribution is 2.19. The first-order valence-electron chi connectivity index (χ1n) is 9.87. The maximum Gasteiger partial charge on any atom is 0.253 e. The van der Waals surface area contributed by atoms with Gasteiger partial charge in [-0.25, -0.2) is 0 Å². The fraction of sp³-hybridized carbons (Fsp3) is 0.391. The summed E-state index contributed by atoms with van der Waals surface area (Å²) in [4.78, 5) is 27.1. The van der Waals surface area contributed by atoms with Gasteiger partial charge < -0.3 is 15.0 Å². The van der Waals surface area contributed by atoms with E-state index in [0.29, 0.717) is 30.0 Å². The lowest BCUT2D eigenvalue weighted by Crippen LogP contribution is -2.38. The Morgan fingerprint density at radius 2 is 1.79 bits per heavy atom. The molecule has 0 bridgehead atoms. The van der Waals surface area contributed by atoms with E-state index >= 15 is 0 Å². The van der Waals surface area contributed by atoms with Crippen molar-refractivity contribution in [3.05, 3.63) is 65.2 Å². The molecule has 1 heterocycles. The third-order valence-corrected chi connectivity index (χ3v) is 5.28. The number of benzene rings is 2. The van der Waals surface area contributed by atoms with Crippen LogP contribution >= 0.6 is 0 Å². The van der Waals surface area contributed by atoms with Crippen molar-refractivity contribution in [1.29, 1.82) is 0 Å². The van der Waals surface area contributed by atoms with E-state index in [1.54, 1.807) is 31.4 Å². The molecule has 0 saturated carbocycles. The molecule has 1 fully saturated rings. The lowest BCUT2D eigenvalue weighted by atomic mass is 9.98. The molecule has 148 valence electrons. The number of piperidine rings is 1. The number of carbonyl (C=O) groups excluding carboxylic acids is 2. The zero-order valence-electron chi connectivity index (χ0n) is 16.6. The molecular weight excluding hydrogens is 352 g/mol. The summed E-state index contributed by atoms with van der Waals surface area (Å²) in [6.07, 6.45) is 2.79. The number of nitrogens with one attached hydrogen (secondary N) is 1. The molecule has 28 heavy (non-hydrogen) atoms. The minimum atomic E-state index is -0.162. The van der Waals surface area contributed by atoms with Crippen molar-refractivity contribution in [3.8, 4) is 5.75 Å². The zero-order valence-corrected chi connectivity index (χ0v) is 16.6. The Morgan fingerprint density at radius 1 is 1.07 bits per heavy atom. The van der Waals surface area contributed by atoms with Crippen LogP contribution in [-0.4, -0.2) is 43.5 Å². The van der Waals surface area contributed by atoms with Crippen LogP contribution in [-0.2, 0) is 6.42 Å². The van der Waals surface area contributed by atoms with Crippen LogP contribution in [0.15, 0.2) is 48.5 Å². The molecule has 5 heteroatoms. The number of carbonyl (C=O) groups is 2. The molecule has 5 nitrogen and oxygen atoms in total. The molecule has 1 aliphatic rings. The molecule has 1 aliphatic heterocycles. The second-order valence-corrected chi connectivity index (χ2v) is 7.41. The molecule has 1 N–H and O–H groups in total. The van der Waals surface area contributed by atoms with Crippen LogP contribution in [0, 0.1) is 5.92 Å². The molecule has 2 aromatic rings. The van der Waals surface area contributed by atoms with Gasteiger partial charge in [0.05, 0.1) is 7.11 Å². The van der Waals surface area contributed by atoms with Gasteiger partial charge in [-0.3, -0.25) is 9.59 Å². The maximum atomic E-state index is 12.7. The largest absolute Gasteiger partial charge is 0.497 e. The summed E-state index contributed by atoms with van der Waals surface area (Å²) >= 11 is 0. The first-order valence-corrected chi connectivity index (χ1v) is 9.87. The molecule has 2 amide bonds. The summed E-state index contributed by atoms with van der Waals surface area (Å²) in [5.41, 5.74) is 2.19. The van der Waals surface area contributed by atoms with Crippen LogP contribution in [0.1, 0.15) is 46.0 Å². The van der Waals surface area contributed by atoms with Crippen LogP contribution in [0.5, 0.6) is 5.75 Å². The first kappa shape index (κ1) is 19.9. The van der Waals surface area contributed by atoms with Gasteiger partial charge in [-0.15, -0.1) is 0 Å². The Kier molecular flexibility index (Phi) is 6.69. The molecule has 1 saturated heterocycles. The Morgan fingerprint density at radius 3 is 2.54 bits per heavy atom. The molecule has 0 aliphatic carbocycles. The smallest absolute Gasteiger partial charge is 0.253 e. The third kappa shape index (κ3) is 5.12. The quantitative estimate of drug-likeness (QED) is 0.834. The Labute approximate surface area is 166 Å². The van der Waals surface area contributed by atoms with Gasteiger partial charge in [0.1, 0.15) is 5.75 Å². The summed E-state index contributed by atoms with van der Waals surface area (Å²) in [5.74, 6) is 1.33. The lowest BCUT2D eigenvalue weighted by molar-refractivity contribution is 0.0697. The predicted molar refractivity (Wildman–Crippen MR) is 110 cm³/mol. The van der Waals surface area contributed by atoms with E-state index in [9.17, 15) is 9.59 Å². The second-order valence-electron chi connectivity index (χ2n) is 7.41. The number of hydrogen-bond acceptors (Lipinski definition) is 3. The summed E-state index contributed by atoms with van der Waals surface area (Å²) < 4.78 is 5.22. The van der Waals surface area contributed by atoms with E-state index < -0.39 is 0 Å². The minimum Gasteiger partial charge on any atom is -0.497 e. The van der Waals surface area contributed by atoms with E-state index in [-0.39, 0.29) is 11.8 Å². The topological polar surface area (TPSA) is 58.6 Å². The highest BCUT2D eigenvalue weighted by molar-refractivity contribution is 5.99. The van der Waals surface area contributed by atoms with Gasteiger partial charge in [-0.05, 0) is 61.1 Å². The van der Waals surface area contributed by atoms with E-state index in [4.69, 9.17) is 4.74 Å². The van der Waals surface area contributed by atoms with Crippen LogP contribution in [0.2, 0.25) is 0 Å². The number of amides is 2.